The molecule has 0 atom stereocenters. The minimum atomic E-state index is -4.17. The molecule has 0 fully saturated rings. The van der Waals surface area contributed by atoms with Crippen molar-refractivity contribution in [1.29, 1.82) is 0 Å². The molecule has 0 aliphatic heterocycles. The lowest BCUT2D eigenvalue weighted by Gasteiger charge is -2.26. The Morgan fingerprint density at radius 3 is 2.42 bits per heavy atom. The molecule has 2 aromatic carbocycles. The van der Waals surface area contributed by atoms with Gasteiger partial charge in [-0.25, -0.2) is 17.6 Å². The molecule has 0 radical (unpaired) electrons. The van der Waals surface area contributed by atoms with Crippen LogP contribution in [0, 0.1) is 18.7 Å². The highest BCUT2D eigenvalue weighted by Gasteiger charge is 2.28. The Hall–Kier alpha value is -2.61. The molecule has 2 rings (SSSR count). The van der Waals surface area contributed by atoms with E-state index in [0.717, 1.165) is 16.4 Å². The van der Waals surface area contributed by atoms with Gasteiger partial charge in [0.1, 0.15) is 11.6 Å². The third kappa shape index (κ3) is 3.96. The number of aromatic carboxylic acids is 1. The molecular formula is C18H20FNO5S. The average Bonchev–Trinajstić information content (AvgIpc) is 2.54. The van der Waals surface area contributed by atoms with Crippen LogP contribution < -0.4 is 4.31 Å². The molecule has 8 heteroatoms. The second kappa shape index (κ2) is 7.33. The fraction of sp³-hybridized carbons (Fsp3) is 0.278. The van der Waals surface area contributed by atoms with Crippen molar-refractivity contribution in [2.24, 2.45) is 5.92 Å². The summed E-state index contributed by atoms with van der Waals surface area (Å²) in [5.41, 5.74) is -0.551. The number of aromatic hydroxyl groups is 1. The number of sulfonamides is 1. The summed E-state index contributed by atoms with van der Waals surface area (Å²) in [5.74, 6) is -2.67. The van der Waals surface area contributed by atoms with Crippen molar-refractivity contribution >= 4 is 21.7 Å². The van der Waals surface area contributed by atoms with Gasteiger partial charge in [-0.15, -0.1) is 0 Å². The lowest BCUT2D eigenvalue weighted by Crippen LogP contribution is -2.34. The van der Waals surface area contributed by atoms with E-state index < -0.39 is 27.4 Å². The number of aryl methyl sites for hydroxylation is 1. The first-order valence-electron chi connectivity index (χ1n) is 7.89. The maximum absolute atomic E-state index is 14.0. The van der Waals surface area contributed by atoms with Crippen molar-refractivity contribution in [2.75, 3.05) is 10.8 Å². The molecule has 0 aliphatic carbocycles. The van der Waals surface area contributed by atoms with Crippen LogP contribution >= 0.6 is 0 Å². The van der Waals surface area contributed by atoms with Crippen molar-refractivity contribution < 1.29 is 27.8 Å². The summed E-state index contributed by atoms with van der Waals surface area (Å²) in [7, 11) is -4.17. The minimum absolute atomic E-state index is 0.0485. The number of rotatable bonds is 6. The zero-order valence-electron chi connectivity index (χ0n) is 14.6. The fourth-order valence-corrected chi connectivity index (χ4v) is 4.22. The summed E-state index contributed by atoms with van der Waals surface area (Å²) in [6, 6.07) is 7.66. The van der Waals surface area contributed by atoms with Crippen LogP contribution in [-0.2, 0) is 10.0 Å². The standard InChI is InChI=1S/C18H20FNO5S/c1-11(2)10-20(13-5-4-6-14(21)8-13)26(24,25)15-7-12(3)17(19)16(9-15)18(22)23/h4-9,11,21H,10H2,1-3H3,(H,22,23). The molecule has 0 aromatic heterocycles. The van der Waals surface area contributed by atoms with Gasteiger partial charge < -0.3 is 10.2 Å². The third-order valence-electron chi connectivity index (χ3n) is 3.70. The maximum atomic E-state index is 14.0. The monoisotopic (exact) mass is 381 g/mol. The molecular weight excluding hydrogens is 361 g/mol. The number of carboxylic acids is 1. The summed E-state index contributed by atoms with van der Waals surface area (Å²) in [6.45, 7) is 5.06. The van der Waals surface area contributed by atoms with E-state index >= 15 is 0 Å². The van der Waals surface area contributed by atoms with Gasteiger partial charge in [0.25, 0.3) is 10.0 Å². The number of phenols is 1. The topological polar surface area (TPSA) is 94.9 Å². The zero-order valence-corrected chi connectivity index (χ0v) is 15.4. The highest BCUT2D eigenvalue weighted by molar-refractivity contribution is 7.92. The highest BCUT2D eigenvalue weighted by atomic mass is 32.2. The Labute approximate surface area is 151 Å². The number of carboxylic acid groups (broad SMARTS) is 1. The van der Waals surface area contributed by atoms with Crippen molar-refractivity contribution in [2.45, 2.75) is 25.7 Å². The number of phenolic OH excluding ortho intramolecular Hbond substituents is 1. The molecule has 0 unspecified atom stereocenters. The highest BCUT2D eigenvalue weighted by Crippen LogP contribution is 2.29. The number of benzene rings is 2. The molecule has 2 aromatic rings. The fourth-order valence-electron chi connectivity index (χ4n) is 2.49. The van der Waals surface area contributed by atoms with E-state index in [1.807, 2.05) is 13.8 Å². The van der Waals surface area contributed by atoms with Gasteiger partial charge in [-0.3, -0.25) is 4.31 Å². The molecule has 0 bridgehead atoms. The van der Waals surface area contributed by atoms with Crippen LogP contribution in [0.15, 0.2) is 41.3 Å². The molecule has 140 valence electrons. The zero-order chi connectivity index (χ0) is 19.6. The van der Waals surface area contributed by atoms with Gasteiger partial charge in [0.2, 0.25) is 0 Å². The second-order valence-corrected chi connectivity index (χ2v) is 8.22. The smallest absolute Gasteiger partial charge is 0.338 e. The molecule has 6 nitrogen and oxygen atoms in total. The number of carbonyl (C=O) groups is 1. The van der Waals surface area contributed by atoms with Crippen LogP contribution in [0.25, 0.3) is 0 Å². The molecule has 0 aliphatic rings. The summed E-state index contributed by atoms with van der Waals surface area (Å²) >= 11 is 0. The molecule has 26 heavy (non-hydrogen) atoms. The molecule has 0 spiro atoms. The summed E-state index contributed by atoms with van der Waals surface area (Å²) in [4.78, 5) is 10.9. The van der Waals surface area contributed by atoms with E-state index in [1.54, 1.807) is 0 Å². The minimum Gasteiger partial charge on any atom is -0.508 e. The molecule has 2 N–H and O–H groups in total. The maximum Gasteiger partial charge on any atom is 0.338 e. The normalized spacial score (nSPS) is 11.6. The van der Waals surface area contributed by atoms with E-state index in [4.69, 9.17) is 5.11 Å². The van der Waals surface area contributed by atoms with E-state index in [-0.39, 0.29) is 34.4 Å². The van der Waals surface area contributed by atoms with Crippen LogP contribution in [0.3, 0.4) is 0 Å². The van der Waals surface area contributed by atoms with Gasteiger partial charge in [-0.1, -0.05) is 19.9 Å². The quantitative estimate of drug-likeness (QED) is 0.800. The average molecular weight is 381 g/mol. The number of hydrogen-bond donors (Lipinski definition) is 2. The van der Waals surface area contributed by atoms with Crippen LogP contribution in [0.2, 0.25) is 0 Å². The number of halogens is 1. The van der Waals surface area contributed by atoms with Crippen LogP contribution in [0.1, 0.15) is 29.8 Å². The van der Waals surface area contributed by atoms with Crippen LogP contribution in [-0.4, -0.2) is 31.1 Å². The van der Waals surface area contributed by atoms with E-state index in [0.29, 0.717) is 0 Å². The van der Waals surface area contributed by atoms with Crippen LogP contribution in [0.5, 0.6) is 5.75 Å². The van der Waals surface area contributed by atoms with Gasteiger partial charge in [0.15, 0.2) is 0 Å². The van der Waals surface area contributed by atoms with Gasteiger partial charge in [0, 0.05) is 12.6 Å². The van der Waals surface area contributed by atoms with E-state index in [9.17, 15) is 22.7 Å². The Bertz CT molecular complexity index is 941. The summed E-state index contributed by atoms with van der Waals surface area (Å²) in [5, 5.41) is 18.8. The first kappa shape index (κ1) is 19.7. The van der Waals surface area contributed by atoms with Crippen LogP contribution in [0.4, 0.5) is 10.1 Å². The van der Waals surface area contributed by atoms with Gasteiger partial charge in [0.05, 0.1) is 16.1 Å². The second-order valence-electron chi connectivity index (χ2n) is 6.36. The Morgan fingerprint density at radius 2 is 1.88 bits per heavy atom. The predicted octanol–water partition coefficient (Wildman–Crippen LogP) is 3.39. The van der Waals surface area contributed by atoms with Gasteiger partial charge in [-0.05, 0) is 42.7 Å². The molecule has 0 saturated heterocycles. The molecule has 0 saturated carbocycles. The third-order valence-corrected chi connectivity index (χ3v) is 5.47. The number of nitrogens with zero attached hydrogens (tertiary/aromatic N) is 1. The molecule has 0 amide bonds. The Balaban J connectivity index is 2.66. The van der Waals surface area contributed by atoms with E-state index in [2.05, 4.69) is 0 Å². The van der Waals surface area contributed by atoms with Gasteiger partial charge in [-0.2, -0.15) is 0 Å². The SMILES string of the molecule is Cc1cc(S(=O)(=O)N(CC(C)C)c2cccc(O)c2)cc(C(=O)O)c1F. The van der Waals surface area contributed by atoms with Crippen molar-refractivity contribution in [3.8, 4) is 5.75 Å². The molecule has 0 heterocycles. The van der Waals surface area contributed by atoms with Gasteiger partial charge >= 0.3 is 5.97 Å². The first-order valence-corrected chi connectivity index (χ1v) is 9.33. The summed E-state index contributed by atoms with van der Waals surface area (Å²) < 4.78 is 41.4. The first-order chi connectivity index (χ1) is 12.0. The van der Waals surface area contributed by atoms with E-state index in [1.165, 1.54) is 31.2 Å². The number of hydrogen-bond acceptors (Lipinski definition) is 4. The lowest BCUT2D eigenvalue weighted by molar-refractivity contribution is 0.0691. The van der Waals surface area contributed by atoms with Crippen molar-refractivity contribution in [3.05, 3.63) is 53.3 Å². The largest absolute Gasteiger partial charge is 0.508 e. The lowest BCUT2D eigenvalue weighted by atomic mass is 10.1. The Kier molecular flexibility index (Phi) is 5.56. The van der Waals surface area contributed by atoms with Crippen molar-refractivity contribution in [3.63, 3.8) is 0 Å². The number of anilines is 1. The predicted molar refractivity (Wildman–Crippen MR) is 95.6 cm³/mol. The Morgan fingerprint density at radius 1 is 1.23 bits per heavy atom. The summed E-state index contributed by atoms with van der Waals surface area (Å²) in [6.07, 6.45) is 0. The van der Waals surface area contributed by atoms with Crippen molar-refractivity contribution in [1.82, 2.24) is 0 Å².